The van der Waals surface area contributed by atoms with Crippen molar-refractivity contribution in [2.45, 2.75) is 33.7 Å². The number of H-pyrrole nitrogens is 1. The highest BCUT2D eigenvalue weighted by molar-refractivity contribution is 5.63. The maximum absolute atomic E-state index is 4.59. The van der Waals surface area contributed by atoms with Crippen molar-refractivity contribution in [3.63, 3.8) is 0 Å². The zero-order valence-corrected chi connectivity index (χ0v) is 14.1. The predicted molar refractivity (Wildman–Crippen MR) is 92.0 cm³/mol. The van der Waals surface area contributed by atoms with Crippen LogP contribution < -0.4 is 4.90 Å². The van der Waals surface area contributed by atoms with E-state index in [1.165, 1.54) is 5.56 Å². The van der Waals surface area contributed by atoms with Gasteiger partial charge in [-0.15, -0.1) is 0 Å². The molecule has 2 aromatic rings. The average Bonchev–Trinajstić information content (AvgIpc) is 2.97. The van der Waals surface area contributed by atoms with Crippen LogP contribution in [0, 0.1) is 0 Å². The topological polar surface area (TPSA) is 48.1 Å². The van der Waals surface area contributed by atoms with Gasteiger partial charge >= 0.3 is 0 Å². The van der Waals surface area contributed by atoms with E-state index in [0.717, 1.165) is 49.7 Å². The van der Waals surface area contributed by atoms with E-state index < -0.39 is 0 Å². The Morgan fingerprint density at radius 3 is 2.50 bits per heavy atom. The van der Waals surface area contributed by atoms with Gasteiger partial charge in [0.25, 0.3) is 0 Å². The molecule has 2 aromatic heterocycles. The summed E-state index contributed by atoms with van der Waals surface area (Å²) in [5, 5.41) is 7.40. The Labute approximate surface area is 133 Å². The fourth-order valence-electron chi connectivity index (χ4n) is 2.70. The van der Waals surface area contributed by atoms with E-state index >= 15 is 0 Å². The van der Waals surface area contributed by atoms with Crippen LogP contribution in [0.15, 0.2) is 24.5 Å². The summed E-state index contributed by atoms with van der Waals surface area (Å²) in [6, 6.07) is 4.19. The van der Waals surface area contributed by atoms with Gasteiger partial charge in [0.1, 0.15) is 5.82 Å². The number of pyridine rings is 1. The molecular weight excluding hydrogens is 274 g/mol. The van der Waals surface area contributed by atoms with Gasteiger partial charge in [-0.25, -0.2) is 4.98 Å². The molecule has 0 radical (unpaired) electrons. The lowest BCUT2D eigenvalue weighted by Crippen LogP contribution is -2.22. The minimum Gasteiger partial charge on any atom is -0.357 e. The molecule has 5 heteroatoms. The Hall–Kier alpha value is -1.88. The summed E-state index contributed by atoms with van der Waals surface area (Å²) < 4.78 is 0. The van der Waals surface area contributed by atoms with E-state index in [1.807, 2.05) is 12.4 Å². The van der Waals surface area contributed by atoms with Gasteiger partial charge in [-0.1, -0.05) is 6.92 Å². The molecule has 0 aliphatic carbocycles. The Morgan fingerprint density at radius 1 is 1.14 bits per heavy atom. The number of aromatic nitrogens is 3. The van der Waals surface area contributed by atoms with Crippen molar-refractivity contribution >= 4 is 5.82 Å². The molecule has 0 saturated heterocycles. The molecular formula is C17H27N5. The fourth-order valence-corrected chi connectivity index (χ4v) is 2.70. The molecule has 0 amide bonds. The van der Waals surface area contributed by atoms with Gasteiger partial charge in [0.05, 0.1) is 5.69 Å². The van der Waals surface area contributed by atoms with Gasteiger partial charge in [0, 0.05) is 43.2 Å². The number of aromatic amines is 1. The highest BCUT2D eigenvalue weighted by Crippen LogP contribution is 2.23. The summed E-state index contributed by atoms with van der Waals surface area (Å²) in [6.45, 7) is 10.4. The van der Waals surface area contributed by atoms with Crippen LogP contribution in [0.25, 0.3) is 11.3 Å². The second kappa shape index (κ2) is 7.94. The number of hydrogen-bond acceptors (Lipinski definition) is 4. The van der Waals surface area contributed by atoms with Gasteiger partial charge in [0.2, 0.25) is 0 Å². The third-order valence-electron chi connectivity index (χ3n) is 3.87. The van der Waals surface area contributed by atoms with Crippen LogP contribution in [0.2, 0.25) is 0 Å². The molecule has 0 saturated carbocycles. The summed E-state index contributed by atoms with van der Waals surface area (Å²) in [5.74, 6) is 1.02. The molecule has 0 fully saturated rings. The van der Waals surface area contributed by atoms with Crippen LogP contribution in [0.5, 0.6) is 0 Å². The standard InChI is InChI=1S/C17H27N5/c1-5-10-21(4)13-15-12-19-20-17(15)14-8-9-16(18-11-14)22(6-2)7-3/h8-9,11-12H,5-7,10,13H2,1-4H3,(H,19,20). The van der Waals surface area contributed by atoms with Crippen molar-refractivity contribution in [2.24, 2.45) is 0 Å². The molecule has 0 spiro atoms. The van der Waals surface area contributed by atoms with Crippen LogP contribution in [-0.4, -0.2) is 46.8 Å². The minimum atomic E-state index is 0.900. The van der Waals surface area contributed by atoms with Gasteiger partial charge in [-0.3, -0.25) is 5.10 Å². The first-order chi connectivity index (χ1) is 10.7. The minimum absolute atomic E-state index is 0.900. The molecule has 0 unspecified atom stereocenters. The Bertz CT molecular complexity index is 557. The molecule has 0 aliphatic rings. The highest BCUT2D eigenvalue weighted by Gasteiger charge is 2.11. The summed E-state index contributed by atoms with van der Waals surface area (Å²) in [7, 11) is 2.14. The van der Waals surface area contributed by atoms with Crippen molar-refractivity contribution in [1.82, 2.24) is 20.1 Å². The van der Waals surface area contributed by atoms with Crippen molar-refractivity contribution in [2.75, 3.05) is 31.6 Å². The van der Waals surface area contributed by atoms with Crippen molar-refractivity contribution in [1.29, 1.82) is 0 Å². The fraction of sp³-hybridized carbons (Fsp3) is 0.529. The van der Waals surface area contributed by atoms with Gasteiger partial charge in [-0.05, 0) is 46.0 Å². The first-order valence-corrected chi connectivity index (χ1v) is 8.12. The highest BCUT2D eigenvalue weighted by atomic mass is 15.2. The maximum Gasteiger partial charge on any atom is 0.128 e. The molecule has 0 aromatic carbocycles. The molecule has 120 valence electrons. The SMILES string of the molecule is CCCN(C)Cc1c[nH]nc1-c1ccc(N(CC)CC)nc1. The van der Waals surface area contributed by atoms with Crippen molar-refractivity contribution in [3.05, 3.63) is 30.1 Å². The summed E-state index contributed by atoms with van der Waals surface area (Å²) in [6.07, 6.45) is 5.07. The summed E-state index contributed by atoms with van der Waals surface area (Å²) >= 11 is 0. The van der Waals surface area contributed by atoms with Crippen molar-refractivity contribution < 1.29 is 0 Å². The second-order valence-electron chi connectivity index (χ2n) is 5.57. The average molecular weight is 301 g/mol. The largest absolute Gasteiger partial charge is 0.357 e. The lowest BCUT2D eigenvalue weighted by atomic mass is 10.1. The van der Waals surface area contributed by atoms with Crippen molar-refractivity contribution in [3.8, 4) is 11.3 Å². The molecule has 5 nitrogen and oxygen atoms in total. The smallest absolute Gasteiger partial charge is 0.128 e. The van der Waals surface area contributed by atoms with Gasteiger partial charge in [-0.2, -0.15) is 5.10 Å². The quantitative estimate of drug-likeness (QED) is 0.813. The number of rotatable bonds is 8. The third-order valence-corrected chi connectivity index (χ3v) is 3.87. The summed E-state index contributed by atoms with van der Waals surface area (Å²) in [4.78, 5) is 9.14. The molecule has 0 bridgehead atoms. The zero-order chi connectivity index (χ0) is 15.9. The van der Waals surface area contributed by atoms with Crippen LogP contribution in [-0.2, 0) is 6.54 Å². The Kier molecular flexibility index (Phi) is 5.95. The molecule has 0 atom stereocenters. The van der Waals surface area contributed by atoms with Gasteiger partial charge in [0.15, 0.2) is 0 Å². The maximum atomic E-state index is 4.59. The van der Waals surface area contributed by atoms with E-state index in [1.54, 1.807) is 0 Å². The number of nitrogens with one attached hydrogen (secondary N) is 1. The monoisotopic (exact) mass is 301 g/mol. The lowest BCUT2D eigenvalue weighted by molar-refractivity contribution is 0.328. The molecule has 0 aliphatic heterocycles. The number of anilines is 1. The van der Waals surface area contributed by atoms with E-state index in [4.69, 9.17) is 0 Å². The van der Waals surface area contributed by atoms with Crippen LogP contribution in [0.1, 0.15) is 32.8 Å². The normalized spacial score (nSPS) is 11.1. The Balaban J connectivity index is 2.17. The number of hydrogen-bond donors (Lipinski definition) is 1. The van der Waals surface area contributed by atoms with E-state index in [-0.39, 0.29) is 0 Å². The van der Waals surface area contributed by atoms with Crippen LogP contribution in [0.4, 0.5) is 5.82 Å². The van der Waals surface area contributed by atoms with E-state index in [2.05, 4.69) is 64.9 Å². The molecule has 1 N–H and O–H groups in total. The van der Waals surface area contributed by atoms with Gasteiger partial charge < -0.3 is 9.80 Å². The second-order valence-corrected chi connectivity index (χ2v) is 5.57. The Morgan fingerprint density at radius 2 is 1.91 bits per heavy atom. The van der Waals surface area contributed by atoms with E-state index in [9.17, 15) is 0 Å². The number of nitrogens with zero attached hydrogens (tertiary/aromatic N) is 4. The first kappa shape index (κ1) is 16.5. The predicted octanol–water partition coefficient (Wildman–Crippen LogP) is 3.16. The van der Waals surface area contributed by atoms with Crippen LogP contribution >= 0.6 is 0 Å². The zero-order valence-electron chi connectivity index (χ0n) is 14.1. The summed E-state index contributed by atoms with van der Waals surface area (Å²) in [5.41, 5.74) is 3.28. The molecule has 2 heterocycles. The molecule has 22 heavy (non-hydrogen) atoms. The van der Waals surface area contributed by atoms with E-state index in [0.29, 0.717) is 0 Å². The van der Waals surface area contributed by atoms with Crippen LogP contribution in [0.3, 0.4) is 0 Å². The third kappa shape index (κ3) is 3.85. The molecule has 2 rings (SSSR count). The lowest BCUT2D eigenvalue weighted by Gasteiger charge is -2.19. The first-order valence-electron chi connectivity index (χ1n) is 8.12.